The van der Waals surface area contributed by atoms with Crippen molar-refractivity contribution in [3.05, 3.63) is 54.1 Å². The summed E-state index contributed by atoms with van der Waals surface area (Å²) in [6.07, 6.45) is 8.77. The Labute approximate surface area is 165 Å². The number of rotatable bonds is 6. The van der Waals surface area contributed by atoms with Gasteiger partial charge < -0.3 is 4.74 Å². The zero-order valence-electron chi connectivity index (χ0n) is 16.8. The fourth-order valence-electron chi connectivity index (χ4n) is 3.62. The molecular weight excluding hydrogens is 328 g/mol. The van der Waals surface area contributed by atoms with Gasteiger partial charge in [-0.25, -0.2) is 0 Å². The Morgan fingerprint density at radius 2 is 1.48 bits per heavy atom. The molecule has 0 atom stereocenters. The van der Waals surface area contributed by atoms with Crippen LogP contribution in [0.4, 0.5) is 0 Å². The van der Waals surface area contributed by atoms with Crippen molar-refractivity contribution in [1.29, 1.82) is 0 Å². The zero-order chi connectivity index (χ0) is 18.9. The summed E-state index contributed by atoms with van der Waals surface area (Å²) >= 11 is 0. The molecule has 0 unspecified atom stereocenters. The Kier molecular flexibility index (Phi) is 7.40. The average Bonchev–Trinajstić information content (AvgIpc) is 2.72. The van der Waals surface area contributed by atoms with Crippen LogP contribution < -0.4 is 4.74 Å². The summed E-state index contributed by atoms with van der Waals surface area (Å²) in [5.74, 6) is 9.30. The molecule has 1 nitrogen and oxygen atoms in total. The minimum Gasteiger partial charge on any atom is -0.494 e. The molecule has 1 fully saturated rings. The Bertz CT molecular complexity index is 738. The number of benzene rings is 2. The first-order chi connectivity index (χ1) is 13.2. The van der Waals surface area contributed by atoms with Gasteiger partial charge in [0.05, 0.1) is 6.61 Å². The molecule has 0 saturated heterocycles. The Balaban J connectivity index is 1.55. The second-order valence-corrected chi connectivity index (χ2v) is 7.88. The van der Waals surface area contributed by atoms with Crippen LogP contribution in [-0.2, 0) is 0 Å². The van der Waals surface area contributed by atoms with Gasteiger partial charge in [-0.2, -0.15) is 0 Å². The molecule has 0 aromatic heterocycles. The van der Waals surface area contributed by atoms with Crippen LogP contribution in [-0.4, -0.2) is 6.61 Å². The quantitative estimate of drug-likeness (QED) is 0.394. The van der Waals surface area contributed by atoms with Crippen molar-refractivity contribution in [2.45, 2.75) is 58.8 Å². The Morgan fingerprint density at radius 3 is 2.11 bits per heavy atom. The summed E-state index contributed by atoms with van der Waals surface area (Å²) in [7, 11) is 0. The van der Waals surface area contributed by atoms with Gasteiger partial charge in [0, 0.05) is 11.5 Å². The lowest BCUT2D eigenvalue weighted by Gasteiger charge is -2.21. The maximum absolute atomic E-state index is 5.80. The van der Waals surface area contributed by atoms with Gasteiger partial charge in [-0.3, -0.25) is 0 Å². The maximum atomic E-state index is 5.80. The molecule has 2 aromatic rings. The maximum Gasteiger partial charge on any atom is 0.119 e. The predicted octanol–water partition coefficient (Wildman–Crippen LogP) is 7.10. The van der Waals surface area contributed by atoms with E-state index in [0.717, 1.165) is 30.3 Å². The third-order valence-corrected chi connectivity index (χ3v) is 5.53. The highest BCUT2D eigenvalue weighted by Gasteiger charge is 2.15. The molecule has 0 spiro atoms. The molecule has 0 heterocycles. The summed E-state index contributed by atoms with van der Waals surface area (Å²) in [6, 6.07) is 17.0. The van der Waals surface area contributed by atoms with Crippen LogP contribution in [0.25, 0.3) is 11.1 Å². The van der Waals surface area contributed by atoms with Crippen molar-refractivity contribution < 1.29 is 4.74 Å². The summed E-state index contributed by atoms with van der Waals surface area (Å²) in [5, 5.41) is 0. The Morgan fingerprint density at radius 1 is 0.852 bits per heavy atom. The molecule has 0 bridgehead atoms. The normalized spacial score (nSPS) is 19.2. The largest absolute Gasteiger partial charge is 0.494 e. The van der Waals surface area contributed by atoms with Gasteiger partial charge in [0.25, 0.3) is 0 Å². The van der Waals surface area contributed by atoms with E-state index >= 15 is 0 Å². The predicted molar refractivity (Wildman–Crippen MR) is 115 cm³/mol. The molecule has 0 radical (unpaired) electrons. The highest BCUT2D eigenvalue weighted by molar-refractivity contribution is 5.65. The molecule has 0 aliphatic heterocycles. The van der Waals surface area contributed by atoms with Gasteiger partial charge in [-0.05, 0) is 73.4 Å². The van der Waals surface area contributed by atoms with E-state index in [9.17, 15) is 0 Å². The molecule has 3 rings (SSSR count). The Hall–Kier alpha value is -2.20. The van der Waals surface area contributed by atoms with Crippen LogP contribution >= 0.6 is 0 Å². The molecule has 1 aliphatic rings. The minimum absolute atomic E-state index is 0.589. The molecular formula is C26H32O. The summed E-state index contributed by atoms with van der Waals surface area (Å²) in [6.45, 7) is 5.37. The first-order valence-electron chi connectivity index (χ1n) is 10.6. The zero-order valence-corrected chi connectivity index (χ0v) is 16.8. The van der Waals surface area contributed by atoms with E-state index in [-0.39, 0.29) is 0 Å². The van der Waals surface area contributed by atoms with Gasteiger partial charge in [0.1, 0.15) is 5.75 Å². The second kappa shape index (κ2) is 10.2. The van der Waals surface area contributed by atoms with E-state index in [1.165, 1.54) is 49.7 Å². The smallest absolute Gasteiger partial charge is 0.119 e. The summed E-state index contributed by atoms with van der Waals surface area (Å²) in [4.78, 5) is 0. The van der Waals surface area contributed by atoms with E-state index in [0.29, 0.717) is 5.92 Å². The second-order valence-electron chi connectivity index (χ2n) is 7.88. The average molecular weight is 361 g/mol. The SMILES string of the molecule is CCCCCOc1ccc(-c2ccc(C#C[C@H]3CC[C@H](C)CC3)cc2)cc1. The van der Waals surface area contributed by atoms with Gasteiger partial charge in [-0.15, -0.1) is 0 Å². The highest BCUT2D eigenvalue weighted by Crippen LogP contribution is 2.28. The van der Waals surface area contributed by atoms with E-state index in [1.807, 2.05) is 0 Å². The van der Waals surface area contributed by atoms with Crippen molar-refractivity contribution in [2.75, 3.05) is 6.61 Å². The summed E-state index contributed by atoms with van der Waals surface area (Å²) in [5.41, 5.74) is 3.56. The first kappa shape index (κ1) is 19.6. The van der Waals surface area contributed by atoms with Crippen molar-refractivity contribution in [2.24, 2.45) is 11.8 Å². The third-order valence-electron chi connectivity index (χ3n) is 5.53. The highest BCUT2D eigenvalue weighted by atomic mass is 16.5. The van der Waals surface area contributed by atoms with Crippen molar-refractivity contribution in [1.82, 2.24) is 0 Å². The monoisotopic (exact) mass is 360 g/mol. The van der Waals surface area contributed by atoms with Crippen molar-refractivity contribution in [3.8, 4) is 28.7 Å². The van der Waals surface area contributed by atoms with Gasteiger partial charge >= 0.3 is 0 Å². The molecule has 1 heteroatoms. The molecule has 1 aliphatic carbocycles. The van der Waals surface area contributed by atoms with Gasteiger partial charge in [0.15, 0.2) is 0 Å². The van der Waals surface area contributed by atoms with Crippen LogP contribution in [0.2, 0.25) is 0 Å². The lowest BCUT2D eigenvalue weighted by Crippen LogP contribution is -2.10. The fraction of sp³-hybridized carbons (Fsp3) is 0.462. The van der Waals surface area contributed by atoms with Crippen molar-refractivity contribution in [3.63, 3.8) is 0 Å². The van der Waals surface area contributed by atoms with Crippen LogP contribution in [0, 0.1) is 23.7 Å². The molecule has 2 aromatic carbocycles. The third kappa shape index (κ3) is 6.17. The molecule has 0 amide bonds. The first-order valence-corrected chi connectivity index (χ1v) is 10.6. The van der Waals surface area contributed by atoms with Crippen LogP contribution in [0.5, 0.6) is 5.75 Å². The fourth-order valence-corrected chi connectivity index (χ4v) is 3.62. The van der Waals surface area contributed by atoms with Crippen LogP contribution in [0.15, 0.2) is 48.5 Å². The number of unbranched alkanes of at least 4 members (excludes halogenated alkanes) is 2. The molecule has 142 valence electrons. The molecule has 1 saturated carbocycles. The summed E-state index contributed by atoms with van der Waals surface area (Å²) < 4.78 is 5.80. The minimum atomic E-state index is 0.589. The standard InChI is InChI=1S/C26H32O/c1-3-4-5-20-27-26-18-16-25(17-19-26)24-14-12-23(13-15-24)11-10-22-8-6-21(2)7-9-22/h12-19,21-22H,3-9,20H2,1-2H3/t21-,22-. The van der Waals surface area contributed by atoms with Gasteiger partial charge in [-0.1, -0.05) is 62.8 Å². The topological polar surface area (TPSA) is 9.23 Å². The van der Waals surface area contributed by atoms with Crippen LogP contribution in [0.1, 0.15) is 64.4 Å². The van der Waals surface area contributed by atoms with E-state index < -0.39 is 0 Å². The number of hydrogen-bond acceptors (Lipinski definition) is 1. The molecule has 27 heavy (non-hydrogen) atoms. The number of hydrogen-bond donors (Lipinski definition) is 0. The van der Waals surface area contributed by atoms with E-state index in [1.54, 1.807) is 0 Å². The van der Waals surface area contributed by atoms with E-state index in [2.05, 4.69) is 74.2 Å². The lowest BCUT2D eigenvalue weighted by molar-refractivity contribution is 0.306. The van der Waals surface area contributed by atoms with E-state index in [4.69, 9.17) is 4.74 Å². The van der Waals surface area contributed by atoms with Gasteiger partial charge in [0.2, 0.25) is 0 Å². The van der Waals surface area contributed by atoms with Crippen molar-refractivity contribution >= 4 is 0 Å². The molecule has 0 N–H and O–H groups in total. The number of ether oxygens (including phenoxy) is 1. The van der Waals surface area contributed by atoms with Crippen LogP contribution in [0.3, 0.4) is 0 Å². The lowest BCUT2D eigenvalue weighted by atomic mass is 9.83.